The zero-order chi connectivity index (χ0) is 17.6. The number of carbonyl (C=O) groups excluding carboxylic acids is 2. The first kappa shape index (κ1) is 16.8. The van der Waals surface area contributed by atoms with Gasteiger partial charge < -0.3 is 19.2 Å². The van der Waals surface area contributed by atoms with E-state index in [1.54, 1.807) is 19.9 Å². The van der Waals surface area contributed by atoms with Crippen LogP contribution in [0, 0.1) is 11.7 Å². The summed E-state index contributed by atoms with van der Waals surface area (Å²) in [6, 6.07) is 2.74. The van der Waals surface area contributed by atoms with Crippen LogP contribution >= 0.6 is 0 Å². The summed E-state index contributed by atoms with van der Waals surface area (Å²) in [6.07, 6.45) is 0.702. The average Bonchev–Trinajstić information content (AvgIpc) is 3.20. The monoisotopic (exact) mass is 336 g/mol. The fourth-order valence-corrected chi connectivity index (χ4v) is 3.03. The van der Waals surface area contributed by atoms with Crippen LogP contribution in [0.3, 0.4) is 0 Å². The van der Waals surface area contributed by atoms with Gasteiger partial charge in [-0.1, -0.05) is 26.8 Å². The molecule has 24 heavy (non-hydrogen) atoms. The molecule has 1 N–H and O–H groups in total. The summed E-state index contributed by atoms with van der Waals surface area (Å²) in [5.74, 6) is -2.78. The zero-order valence-electron chi connectivity index (χ0n) is 13.7. The van der Waals surface area contributed by atoms with Gasteiger partial charge in [-0.3, -0.25) is 4.79 Å². The van der Waals surface area contributed by atoms with Gasteiger partial charge in [0, 0.05) is 5.82 Å². The molecule has 1 heterocycles. The smallest absolute Gasteiger partial charge is 0.526 e. The largest absolute Gasteiger partial charge is 0.535 e. The summed E-state index contributed by atoms with van der Waals surface area (Å²) in [7, 11) is -1.09. The van der Waals surface area contributed by atoms with Gasteiger partial charge in [0.05, 0.1) is 5.92 Å². The molecule has 0 saturated heterocycles. The fourth-order valence-electron chi connectivity index (χ4n) is 3.03. The molecule has 2 atom stereocenters. The second kappa shape index (κ2) is 5.77. The molecule has 1 aliphatic heterocycles. The maximum absolute atomic E-state index is 14.2. The predicted octanol–water partition coefficient (Wildman–Crippen LogP) is 2.04. The van der Waals surface area contributed by atoms with Crippen molar-refractivity contribution in [3.63, 3.8) is 0 Å². The number of fused-ring (bicyclic) bond motifs is 3. The van der Waals surface area contributed by atoms with E-state index < -0.39 is 37.2 Å². The minimum atomic E-state index is -1.09. The Balaban J connectivity index is 1.81. The first-order valence-electron chi connectivity index (χ1n) is 7.77. The van der Waals surface area contributed by atoms with Crippen LogP contribution in [0.1, 0.15) is 43.1 Å². The van der Waals surface area contributed by atoms with Gasteiger partial charge in [-0.15, -0.1) is 0 Å². The summed E-state index contributed by atoms with van der Waals surface area (Å²) < 4.78 is 29.1. The van der Waals surface area contributed by atoms with Crippen LogP contribution in [0.4, 0.5) is 4.39 Å². The van der Waals surface area contributed by atoms with Crippen LogP contribution in [-0.2, 0) is 19.7 Å². The Morgan fingerprint density at radius 1 is 1.46 bits per heavy atom. The first-order valence-corrected chi connectivity index (χ1v) is 7.77. The molecule has 0 amide bonds. The van der Waals surface area contributed by atoms with E-state index in [9.17, 15) is 19.0 Å². The van der Waals surface area contributed by atoms with Crippen molar-refractivity contribution in [1.29, 1.82) is 0 Å². The van der Waals surface area contributed by atoms with Gasteiger partial charge in [0.1, 0.15) is 17.1 Å². The highest BCUT2D eigenvalue weighted by Gasteiger charge is 2.63. The van der Waals surface area contributed by atoms with Crippen LogP contribution < -0.4 is 4.65 Å². The fraction of sp³-hybridized carbons (Fsp3) is 0.500. The molecular formula is C16H18BFO6. The molecule has 1 unspecified atom stereocenters. The molecule has 1 saturated carbocycles. The molecule has 1 fully saturated rings. The van der Waals surface area contributed by atoms with Gasteiger partial charge in [0.25, 0.3) is 0 Å². The Hall–Kier alpha value is -2.09. The van der Waals surface area contributed by atoms with Gasteiger partial charge in [0.15, 0.2) is 0 Å². The maximum atomic E-state index is 14.2. The summed E-state index contributed by atoms with van der Waals surface area (Å²) in [5.41, 5.74) is -0.0520. The highest BCUT2D eigenvalue weighted by Crippen LogP contribution is 2.65. The lowest BCUT2D eigenvalue weighted by Gasteiger charge is -2.26. The highest BCUT2D eigenvalue weighted by molar-refractivity contribution is 6.48. The number of carbonyl (C=O) groups is 2. The van der Waals surface area contributed by atoms with Crippen molar-refractivity contribution in [1.82, 2.24) is 0 Å². The van der Waals surface area contributed by atoms with Crippen molar-refractivity contribution >= 4 is 19.1 Å². The number of hydrogen-bond acceptors (Lipinski definition) is 6. The summed E-state index contributed by atoms with van der Waals surface area (Å²) in [6.45, 7) is 4.60. The molecule has 6 nitrogen and oxygen atoms in total. The van der Waals surface area contributed by atoms with Gasteiger partial charge in [-0.05, 0) is 23.5 Å². The molecule has 0 aromatic heterocycles. The number of benzene rings is 1. The Bertz CT molecular complexity index is 706. The van der Waals surface area contributed by atoms with E-state index in [4.69, 9.17) is 14.1 Å². The number of esters is 2. The average molecular weight is 336 g/mol. The lowest BCUT2D eigenvalue weighted by Crippen LogP contribution is -2.32. The minimum Gasteiger partial charge on any atom is -0.535 e. The quantitative estimate of drug-likeness (QED) is 0.515. The van der Waals surface area contributed by atoms with Crippen LogP contribution in [0.5, 0.6) is 5.75 Å². The van der Waals surface area contributed by atoms with E-state index >= 15 is 0 Å². The summed E-state index contributed by atoms with van der Waals surface area (Å²) in [5, 5.41) is 9.97. The van der Waals surface area contributed by atoms with E-state index in [0.29, 0.717) is 12.0 Å². The molecular weight excluding hydrogens is 318 g/mol. The van der Waals surface area contributed by atoms with Crippen LogP contribution in [-0.4, -0.2) is 30.9 Å². The van der Waals surface area contributed by atoms with Crippen molar-refractivity contribution in [3.8, 4) is 5.75 Å². The van der Waals surface area contributed by atoms with Crippen molar-refractivity contribution in [2.24, 2.45) is 5.92 Å². The normalized spacial score (nSPS) is 23.9. The predicted molar refractivity (Wildman–Crippen MR) is 81.9 cm³/mol. The second-order valence-electron chi connectivity index (χ2n) is 6.70. The van der Waals surface area contributed by atoms with Crippen LogP contribution in [0.25, 0.3) is 0 Å². The molecule has 128 valence electrons. The Kier molecular flexibility index (Phi) is 4.03. The Morgan fingerprint density at radius 2 is 2.17 bits per heavy atom. The van der Waals surface area contributed by atoms with Gasteiger partial charge in [-0.25, -0.2) is 9.18 Å². The third-order valence-corrected chi connectivity index (χ3v) is 4.67. The van der Waals surface area contributed by atoms with Crippen molar-refractivity contribution in [2.75, 3.05) is 6.79 Å². The summed E-state index contributed by atoms with van der Waals surface area (Å²) in [4.78, 5) is 23.6. The standard InChI is InChI=1S/C16H18BFO6/c1-8(2)14(19)22-7-23-15(20)12-10(18)5-4-9-13(12)24-17(21)11-6-16(9,11)3/h4-5,8,11,21H,6-7H2,1-3H3/t11-,16?/m1/s1. The number of halogens is 1. The van der Waals surface area contributed by atoms with Crippen molar-refractivity contribution < 1.29 is 33.1 Å². The molecule has 8 heteroatoms. The molecule has 1 aliphatic carbocycles. The molecule has 0 bridgehead atoms. The first-order chi connectivity index (χ1) is 11.3. The van der Waals surface area contributed by atoms with Gasteiger partial charge in [-0.2, -0.15) is 0 Å². The molecule has 2 aliphatic rings. The van der Waals surface area contributed by atoms with E-state index in [0.717, 1.165) is 0 Å². The van der Waals surface area contributed by atoms with Gasteiger partial charge in [0.2, 0.25) is 6.79 Å². The maximum Gasteiger partial charge on any atom is 0.526 e. The van der Waals surface area contributed by atoms with E-state index in [2.05, 4.69) is 0 Å². The lowest BCUT2D eigenvalue weighted by molar-refractivity contribution is -0.155. The summed E-state index contributed by atoms with van der Waals surface area (Å²) >= 11 is 0. The van der Waals surface area contributed by atoms with Crippen LogP contribution in [0.2, 0.25) is 5.82 Å². The second-order valence-corrected chi connectivity index (χ2v) is 6.70. The third kappa shape index (κ3) is 2.64. The van der Waals surface area contributed by atoms with Crippen molar-refractivity contribution in [3.05, 3.63) is 29.1 Å². The minimum absolute atomic E-state index is 0.000985. The van der Waals surface area contributed by atoms with E-state index in [1.165, 1.54) is 6.07 Å². The van der Waals surface area contributed by atoms with Crippen molar-refractivity contribution in [2.45, 2.75) is 38.4 Å². The number of ether oxygens (including phenoxy) is 2. The molecule has 1 aromatic rings. The molecule has 0 radical (unpaired) electrons. The lowest BCUT2D eigenvalue weighted by atomic mass is 9.72. The molecule has 0 spiro atoms. The third-order valence-electron chi connectivity index (χ3n) is 4.67. The zero-order valence-corrected chi connectivity index (χ0v) is 13.7. The van der Waals surface area contributed by atoms with E-state index in [1.807, 2.05) is 6.92 Å². The highest BCUT2D eigenvalue weighted by atomic mass is 19.1. The Morgan fingerprint density at radius 3 is 2.83 bits per heavy atom. The van der Waals surface area contributed by atoms with Crippen LogP contribution in [0.15, 0.2) is 12.1 Å². The van der Waals surface area contributed by atoms with Gasteiger partial charge >= 0.3 is 19.1 Å². The Labute approximate surface area is 139 Å². The number of hydrogen-bond donors (Lipinski definition) is 1. The van der Waals surface area contributed by atoms with E-state index in [-0.39, 0.29) is 22.9 Å². The topological polar surface area (TPSA) is 82.1 Å². The molecule has 1 aromatic carbocycles. The SMILES string of the molecule is CC(C)C(=O)OCOC(=O)c1c(F)ccc2c1OB(O)[C@@H]1CC21C. The number of rotatable bonds is 4. The molecule has 3 rings (SSSR count).